The molecule has 35 heavy (non-hydrogen) atoms. The first-order valence-corrected chi connectivity index (χ1v) is 11.5. The minimum atomic E-state index is -0.324. The lowest BCUT2D eigenvalue weighted by atomic mass is 10.1. The molecule has 0 bridgehead atoms. The molecule has 5 rings (SSSR count). The summed E-state index contributed by atoms with van der Waals surface area (Å²) < 4.78 is 12.5. The van der Waals surface area contributed by atoms with E-state index in [2.05, 4.69) is 5.32 Å². The molecule has 1 saturated carbocycles. The summed E-state index contributed by atoms with van der Waals surface area (Å²) in [5.41, 5.74) is 2.45. The second kappa shape index (κ2) is 9.89. The van der Waals surface area contributed by atoms with Crippen LogP contribution in [0.15, 0.2) is 83.6 Å². The van der Waals surface area contributed by atoms with Crippen LogP contribution < -0.4 is 10.1 Å². The topological polar surface area (TPSA) is 89.6 Å². The number of benzene rings is 2. The van der Waals surface area contributed by atoms with Crippen molar-refractivity contribution in [2.24, 2.45) is 5.92 Å². The Balaban J connectivity index is 1.39. The number of nitrogens with zero attached hydrogens (tertiary/aromatic N) is 3. The van der Waals surface area contributed by atoms with Crippen LogP contribution in [0.1, 0.15) is 18.6 Å². The molecule has 2 heterocycles. The lowest BCUT2D eigenvalue weighted by molar-refractivity contribution is -0.136. The summed E-state index contributed by atoms with van der Waals surface area (Å²) >= 11 is 0. The maximum absolute atomic E-state index is 13.1. The number of imidazole rings is 1. The molecule has 0 atom stereocenters. The van der Waals surface area contributed by atoms with Gasteiger partial charge in [-0.1, -0.05) is 18.2 Å². The van der Waals surface area contributed by atoms with Crippen molar-refractivity contribution in [3.05, 3.63) is 85.0 Å². The van der Waals surface area contributed by atoms with E-state index in [-0.39, 0.29) is 30.8 Å². The van der Waals surface area contributed by atoms with Crippen LogP contribution in [-0.4, -0.2) is 39.9 Å². The van der Waals surface area contributed by atoms with E-state index in [1.165, 1.54) is 0 Å². The largest absolute Gasteiger partial charge is 0.497 e. The van der Waals surface area contributed by atoms with Crippen molar-refractivity contribution in [2.75, 3.05) is 19.0 Å². The predicted molar refractivity (Wildman–Crippen MR) is 131 cm³/mol. The third kappa shape index (κ3) is 5.27. The number of para-hydroxylation sites is 1. The molecule has 0 spiro atoms. The molecule has 0 aliphatic heterocycles. The van der Waals surface area contributed by atoms with Crippen LogP contribution in [0.4, 0.5) is 5.95 Å². The number of methoxy groups -OCH3 is 1. The van der Waals surface area contributed by atoms with Crippen molar-refractivity contribution in [3.63, 3.8) is 0 Å². The maximum atomic E-state index is 13.1. The average Bonchev–Trinajstić information content (AvgIpc) is 3.46. The van der Waals surface area contributed by atoms with Crippen LogP contribution in [0.25, 0.3) is 16.9 Å². The Morgan fingerprint density at radius 1 is 1.09 bits per heavy atom. The second-order valence-corrected chi connectivity index (χ2v) is 8.48. The smallest absolute Gasteiger partial charge is 0.246 e. The molecule has 1 aliphatic rings. The van der Waals surface area contributed by atoms with Crippen LogP contribution in [0.3, 0.4) is 0 Å². The van der Waals surface area contributed by atoms with Crippen LogP contribution in [0.2, 0.25) is 0 Å². The van der Waals surface area contributed by atoms with Gasteiger partial charge < -0.3 is 14.1 Å². The number of aromatic nitrogens is 2. The molecule has 8 nitrogen and oxygen atoms in total. The normalized spacial score (nSPS) is 12.8. The van der Waals surface area contributed by atoms with Crippen molar-refractivity contribution < 1.29 is 18.7 Å². The van der Waals surface area contributed by atoms with E-state index >= 15 is 0 Å². The molecule has 0 unspecified atom stereocenters. The number of carbonyl (C=O) groups excluding carboxylic acids is 2. The van der Waals surface area contributed by atoms with Gasteiger partial charge in [0.2, 0.25) is 17.8 Å². The maximum Gasteiger partial charge on any atom is 0.246 e. The van der Waals surface area contributed by atoms with Crippen LogP contribution in [0.5, 0.6) is 5.75 Å². The Morgan fingerprint density at radius 3 is 2.51 bits per heavy atom. The zero-order chi connectivity index (χ0) is 24.2. The Hall–Kier alpha value is -4.33. The first-order valence-electron chi connectivity index (χ1n) is 11.5. The molecule has 0 radical (unpaired) electrons. The quantitative estimate of drug-likeness (QED) is 0.389. The van der Waals surface area contributed by atoms with E-state index < -0.39 is 0 Å². The lowest BCUT2D eigenvalue weighted by Crippen LogP contribution is -2.38. The van der Waals surface area contributed by atoms with E-state index in [1.54, 1.807) is 30.4 Å². The van der Waals surface area contributed by atoms with Gasteiger partial charge in [0.15, 0.2) is 0 Å². The van der Waals surface area contributed by atoms with Gasteiger partial charge in [0.1, 0.15) is 18.1 Å². The summed E-state index contributed by atoms with van der Waals surface area (Å²) in [7, 11) is 1.62. The van der Waals surface area contributed by atoms with E-state index in [0.29, 0.717) is 17.4 Å². The molecule has 1 N–H and O–H groups in total. The molecule has 1 fully saturated rings. The Kier molecular flexibility index (Phi) is 6.34. The first kappa shape index (κ1) is 22.5. The molecule has 2 aromatic carbocycles. The highest BCUT2D eigenvalue weighted by molar-refractivity contribution is 5.94. The highest BCUT2D eigenvalue weighted by Crippen LogP contribution is 2.31. The summed E-state index contributed by atoms with van der Waals surface area (Å²) in [6.07, 6.45) is 5.16. The number of hydrogen-bond donors (Lipinski definition) is 1. The number of ether oxygens (including phenoxy) is 1. The zero-order valence-corrected chi connectivity index (χ0v) is 19.4. The van der Waals surface area contributed by atoms with Crippen LogP contribution in [-0.2, 0) is 16.1 Å². The molecule has 4 aromatic rings. The highest BCUT2D eigenvalue weighted by Gasteiger charge is 2.34. The minimum absolute atomic E-state index is 0.00857. The fourth-order valence-corrected chi connectivity index (χ4v) is 3.88. The van der Waals surface area contributed by atoms with E-state index in [0.717, 1.165) is 29.8 Å². The summed E-state index contributed by atoms with van der Waals surface area (Å²) in [5.74, 6) is 1.41. The van der Waals surface area contributed by atoms with Gasteiger partial charge in [-0.3, -0.25) is 19.5 Å². The van der Waals surface area contributed by atoms with Gasteiger partial charge in [0, 0.05) is 23.4 Å². The molecule has 2 aromatic heterocycles. The SMILES string of the molecule is COc1ccc(-c2cn(-c3ccccc3)c(NC(=O)CN(Cc3ccco3)C(=O)C3CC3)n2)cc1. The number of furan rings is 1. The number of nitrogens with one attached hydrogen (secondary N) is 1. The molecule has 0 saturated heterocycles. The van der Waals surface area contributed by atoms with Crippen molar-refractivity contribution in [3.8, 4) is 22.7 Å². The average molecular weight is 471 g/mol. The van der Waals surface area contributed by atoms with E-state index in [1.807, 2.05) is 65.4 Å². The van der Waals surface area contributed by atoms with Crippen molar-refractivity contribution in [1.29, 1.82) is 0 Å². The molecule has 8 heteroatoms. The van der Waals surface area contributed by atoms with Gasteiger partial charge in [-0.15, -0.1) is 0 Å². The monoisotopic (exact) mass is 470 g/mol. The summed E-state index contributed by atoms with van der Waals surface area (Å²) in [6, 6.07) is 20.8. The van der Waals surface area contributed by atoms with Gasteiger partial charge >= 0.3 is 0 Å². The zero-order valence-electron chi connectivity index (χ0n) is 19.4. The van der Waals surface area contributed by atoms with Gasteiger partial charge in [-0.2, -0.15) is 0 Å². The highest BCUT2D eigenvalue weighted by atomic mass is 16.5. The van der Waals surface area contributed by atoms with Crippen molar-refractivity contribution in [1.82, 2.24) is 14.5 Å². The standard InChI is InChI=1S/C27H26N4O4/c1-34-22-13-11-19(12-14-22)24-17-31(21-6-3-2-4-7-21)27(28-24)29-25(32)18-30(26(33)20-9-10-20)16-23-8-5-15-35-23/h2-8,11-15,17,20H,9-10,16,18H2,1H3,(H,28,29,32). The predicted octanol–water partition coefficient (Wildman–Crippen LogP) is 4.52. The fraction of sp³-hybridized carbons (Fsp3) is 0.222. The Morgan fingerprint density at radius 2 is 1.86 bits per heavy atom. The number of carbonyl (C=O) groups is 2. The number of amides is 2. The summed E-state index contributed by atoms with van der Waals surface area (Å²) in [5, 5.41) is 2.91. The molecule has 178 valence electrons. The third-order valence-electron chi connectivity index (χ3n) is 5.88. The van der Waals surface area contributed by atoms with E-state index in [9.17, 15) is 9.59 Å². The Bertz CT molecular complexity index is 1290. The molecule has 1 aliphatic carbocycles. The number of hydrogen-bond acceptors (Lipinski definition) is 5. The number of rotatable bonds is 9. The van der Waals surface area contributed by atoms with Gasteiger partial charge in [0.25, 0.3) is 0 Å². The van der Waals surface area contributed by atoms with Gasteiger partial charge in [-0.05, 0) is 61.4 Å². The van der Waals surface area contributed by atoms with Crippen LogP contribution >= 0.6 is 0 Å². The van der Waals surface area contributed by atoms with E-state index in [4.69, 9.17) is 14.1 Å². The second-order valence-electron chi connectivity index (χ2n) is 8.48. The van der Waals surface area contributed by atoms with Crippen LogP contribution in [0, 0.1) is 5.92 Å². The fourth-order valence-electron chi connectivity index (χ4n) is 3.88. The third-order valence-corrected chi connectivity index (χ3v) is 5.88. The molecular formula is C27H26N4O4. The number of anilines is 1. The summed E-state index contributed by atoms with van der Waals surface area (Å²) in [6.45, 7) is 0.162. The molecule has 2 amide bonds. The lowest BCUT2D eigenvalue weighted by Gasteiger charge is -2.21. The summed E-state index contributed by atoms with van der Waals surface area (Å²) in [4.78, 5) is 32.2. The van der Waals surface area contributed by atoms with Crippen molar-refractivity contribution >= 4 is 17.8 Å². The first-order chi connectivity index (χ1) is 17.1. The van der Waals surface area contributed by atoms with Gasteiger partial charge in [-0.25, -0.2) is 4.98 Å². The molecular weight excluding hydrogens is 444 g/mol. The van der Waals surface area contributed by atoms with Crippen molar-refractivity contribution in [2.45, 2.75) is 19.4 Å². The Labute approximate surface area is 203 Å². The minimum Gasteiger partial charge on any atom is -0.497 e. The van der Waals surface area contributed by atoms with Gasteiger partial charge in [0.05, 0.1) is 25.6 Å².